The fraction of sp³-hybridized carbons (Fsp3) is 0.167. The Labute approximate surface area is 113 Å². The van der Waals surface area contributed by atoms with Crippen molar-refractivity contribution in [2.45, 2.75) is 6.92 Å². The topological polar surface area (TPSA) is 59.4 Å². The summed E-state index contributed by atoms with van der Waals surface area (Å²) in [6.45, 7) is 1.73. The molecule has 0 atom stereocenters. The minimum atomic E-state index is -1.03. The Morgan fingerprint density at radius 2 is 2.22 bits per heavy atom. The van der Waals surface area contributed by atoms with Crippen LogP contribution in [0.15, 0.2) is 18.2 Å². The van der Waals surface area contributed by atoms with Gasteiger partial charge in [-0.15, -0.1) is 11.3 Å². The average molecular weight is 284 g/mol. The first-order valence-electron chi connectivity index (χ1n) is 5.07. The van der Waals surface area contributed by atoms with Gasteiger partial charge in [0.15, 0.2) is 5.69 Å². The van der Waals surface area contributed by atoms with E-state index in [-0.39, 0.29) is 5.69 Å². The van der Waals surface area contributed by atoms with Crippen LogP contribution in [0, 0.1) is 6.92 Å². The maximum Gasteiger partial charge on any atom is 0.355 e. The Hall–Kier alpha value is -1.59. The number of thiazole rings is 1. The van der Waals surface area contributed by atoms with Gasteiger partial charge in [0, 0.05) is 9.90 Å². The van der Waals surface area contributed by atoms with Gasteiger partial charge in [0.2, 0.25) is 0 Å². The van der Waals surface area contributed by atoms with Gasteiger partial charge in [-0.2, -0.15) is 0 Å². The molecular weight excluding hydrogens is 274 g/mol. The molecule has 0 unspecified atom stereocenters. The van der Waals surface area contributed by atoms with Crippen molar-refractivity contribution in [1.82, 2.24) is 4.98 Å². The molecule has 2 aromatic rings. The van der Waals surface area contributed by atoms with Gasteiger partial charge in [-0.1, -0.05) is 11.6 Å². The van der Waals surface area contributed by atoms with Crippen molar-refractivity contribution in [2.75, 3.05) is 7.11 Å². The highest BCUT2D eigenvalue weighted by atomic mass is 35.5. The summed E-state index contributed by atoms with van der Waals surface area (Å²) < 4.78 is 5.22. The zero-order valence-electron chi connectivity index (χ0n) is 9.73. The average Bonchev–Trinajstić information content (AvgIpc) is 2.71. The van der Waals surface area contributed by atoms with Gasteiger partial charge in [-0.05, 0) is 25.1 Å². The number of nitrogens with zero attached hydrogens (tertiary/aromatic N) is 1. The van der Waals surface area contributed by atoms with Crippen molar-refractivity contribution in [3.63, 3.8) is 0 Å². The predicted octanol–water partition coefficient (Wildman–Crippen LogP) is 3.48. The minimum Gasteiger partial charge on any atom is -0.496 e. The Kier molecular flexibility index (Phi) is 3.54. The summed E-state index contributed by atoms with van der Waals surface area (Å²) in [6.07, 6.45) is 0. The fourth-order valence-corrected chi connectivity index (χ4v) is 2.65. The third kappa shape index (κ3) is 2.32. The molecule has 0 amide bonds. The zero-order chi connectivity index (χ0) is 13.3. The SMILES string of the molecule is COc1cc(Cl)ccc1-c1nc(C(=O)O)c(C)s1. The van der Waals surface area contributed by atoms with Crippen molar-refractivity contribution in [1.29, 1.82) is 0 Å². The maximum absolute atomic E-state index is 11.0. The van der Waals surface area contributed by atoms with E-state index in [1.807, 2.05) is 0 Å². The van der Waals surface area contributed by atoms with E-state index in [9.17, 15) is 4.79 Å². The van der Waals surface area contributed by atoms with Crippen LogP contribution in [0.2, 0.25) is 5.02 Å². The van der Waals surface area contributed by atoms with Gasteiger partial charge in [0.1, 0.15) is 10.8 Å². The van der Waals surface area contributed by atoms with Crippen molar-refractivity contribution >= 4 is 28.9 Å². The van der Waals surface area contributed by atoms with Gasteiger partial charge < -0.3 is 9.84 Å². The summed E-state index contributed by atoms with van der Waals surface area (Å²) in [6, 6.07) is 5.16. The molecule has 1 aromatic heterocycles. The summed E-state index contributed by atoms with van der Waals surface area (Å²) in [5, 5.41) is 10.2. The lowest BCUT2D eigenvalue weighted by atomic mass is 10.2. The highest BCUT2D eigenvalue weighted by Crippen LogP contribution is 2.35. The van der Waals surface area contributed by atoms with Crippen molar-refractivity contribution in [3.8, 4) is 16.3 Å². The number of rotatable bonds is 3. The number of carboxylic acid groups (broad SMARTS) is 1. The predicted molar refractivity (Wildman–Crippen MR) is 70.8 cm³/mol. The summed E-state index contributed by atoms with van der Waals surface area (Å²) in [4.78, 5) is 15.7. The van der Waals surface area contributed by atoms with Crippen LogP contribution in [0.4, 0.5) is 0 Å². The highest BCUT2D eigenvalue weighted by Gasteiger charge is 2.17. The third-order valence-corrected chi connectivity index (χ3v) is 3.63. The van der Waals surface area contributed by atoms with Crippen LogP contribution in [0.25, 0.3) is 10.6 Å². The number of hydrogen-bond acceptors (Lipinski definition) is 4. The molecular formula is C12H10ClNO3S. The normalized spacial score (nSPS) is 10.4. The van der Waals surface area contributed by atoms with Crippen LogP contribution in [-0.4, -0.2) is 23.2 Å². The molecule has 0 fully saturated rings. The van der Waals surface area contributed by atoms with Crippen LogP contribution >= 0.6 is 22.9 Å². The number of carboxylic acids is 1. The second-order valence-corrected chi connectivity index (χ2v) is 5.21. The molecule has 0 saturated heterocycles. The van der Waals surface area contributed by atoms with E-state index in [1.54, 1.807) is 25.1 Å². The van der Waals surface area contributed by atoms with Crippen LogP contribution < -0.4 is 4.74 Å². The molecule has 94 valence electrons. The number of aryl methyl sites for hydroxylation is 1. The number of aromatic nitrogens is 1. The number of carbonyl (C=O) groups is 1. The molecule has 0 aliphatic heterocycles. The van der Waals surface area contributed by atoms with Crippen molar-refractivity contribution in [3.05, 3.63) is 33.8 Å². The molecule has 6 heteroatoms. The summed E-state index contributed by atoms with van der Waals surface area (Å²) in [5.74, 6) is -0.448. The Balaban J connectivity index is 2.55. The molecule has 0 radical (unpaired) electrons. The summed E-state index contributed by atoms with van der Waals surface area (Å²) >= 11 is 7.20. The second-order valence-electron chi connectivity index (χ2n) is 3.57. The maximum atomic E-state index is 11.0. The molecule has 1 heterocycles. The lowest BCUT2D eigenvalue weighted by Gasteiger charge is -2.05. The second kappa shape index (κ2) is 4.96. The Bertz CT molecular complexity index is 609. The van der Waals surface area contributed by atoms with E-state index < -0.39 is 5.97 Å². The molecule has 1 N–H and O–H groups in total. The lowest BCUT2D eigenvalue weighted by Crippen LogP contribution is -1.98. The Morgan fingerprint density at radius 1 is 1.50 bits per heavy atom. The molecule has 4 nitrogen and oxygen atoms in total. The van der Waals surface area contributed by atoms with Gasteiger partial charge in [-0.25, -0.2) is 9.78 Å². The van der Waals surface area contributed by atoms with E-state index in [2.05, 4.69) is 4.98 Å². The molecule has 1 aromatic carbocycles. The molecule has 0 aliphatic carbocycles. The van der Waals surface area contributed by atoms with Crippen LogP contribution in [-0.2, 0) is 0 Å². The summed E-state index contributed by atoms with van der Waals surface area (Å²) in [7, 11) is 1.54. The van der Waals surface area contributed by atoms with Gasteiger partial charge in [0.25, 0.3) is 0 Å². The molecule has 0 spiro atoms. The number of ether oxygens (including phenoxy) is 1. The number of aromatic carboxylic acids is 1. The first-order chi connectivity index (χ1) is 8.52. The molecule has 2 rings (SSSR count). The summed E-state index contributed by atoms with van der Waals surface area (Å²) in [5.41, 5.74) is 0.814. The van der Waals surface area contributed by atoms with Gasteiger partial charge in [0.05, 0.1) is 12.7 Å². The van der Waals surface area contributed by atoms with Crippen LogP contribution in [0.3, 0.4) is 0 Å². The highest BCUT2D eigenvalue weighted by molar-refractivity contribution is 7.15. The van der Waals surface area contributed by atoms with Crippen LogP contribution in [0.1, 0.15) is 15.4 Å². The van der Waals surface area contributed by atoms with Gasteiger partial charge in [-0.3, -0.25) is 0 Å². The molecule has 18 heavy (non-hydrogen) atoms. The fourth-order valence-electron chi connectivity index (χ4n) is 1.55. The number of hydrogen-bond donors (Lipinski definition) is 1. The smallest absolute Gasteiger partial charge is 0.355 e. The van der Waals surface area contributed by atoms with Crippen molar-refractivity contribution < 1.29 is 14.6 Å². The van der Waals surface area contributed by atoms with E-state index in [4.69, 9.17) is 21.4 Å². The third-order valence-electron chi connectivity index (χ3n) is 2.39. The van der Waals surface area contributed by atoms with Crippen LogP contribution in [0.5, 0.6) is 5.75 Å². The van der Waals surface area contributed by atoms with E-state index in [0.29, 0.717) is 20.7 Å². The number of methoxy groups -OCH3 is 1. The van der Waals surface area contributed by atoms with Crippen molar-refractivity contribution in [2.24, 2.45) is 0 Å². The van der Waals surface area contributed by atoms with Gasteiger partial charge >= 0.3 is 5.97 Å². The quantitative estimate of drug-likeness (QED) is 0.937. The number of benzene rings is 1. The first kappa shape index (κ1) is 12.9. The molecule has 0 bridgehead atoms. The van der Waals surface area contributed by atoms with E-state index in [0.717, 1.165) is 5.56 Å². The lowest BCUT2D eigenvalue weighted by molar-refractivity contribution is 0.0690. The van der Waals surface area contributed by atoms with E-state index >= 15 is 0 Å². The Morgan fingerprint density at radius 3 is 2.78 bits per heavy atom. The number of halogens is 1. The largest absolute Gasteiger partial charge is 0.496 e. The standard InChI is InChI=1S/C12H10ClNO3S/c1-6-10(12(15)16)14-11(18-6)8-4-3-7(13)5-9(8)17-2/h3-5H,1-2H3,(H,15,16). The molecule has 0 aliphatic rings. The monoisotopic (exact) mass is 283 g/mol. The van der Waals surface area contributed by atoms with E-state index in [1.165, 1.54) is 18.4 Å². The zero-order valence-corrected chi connectivity index (χ0v) is 11.3. The first-order valence-corrected chi connectivity index (χ1v) is 6.27. The molecule has 0 saturated carbocycles. The minimum absolute atomic E-state index is 0.0759.